The van der Waals surface area contributed by atoms with Crippen molar-refractivity contribution < 1.29 is 17.7 Å². The van der Waals surface area contributed by atoms with E-state index in [1.165, 1.54) is 15.8 Å². The van der Waals surface area contributed by atoms with Gasteiger partial charge in [0.2, 0.25) is 10.0 Å². The van der Waals surface area contributed by atoms with Crippen LogP contribution < -0.4 is 10.2 Å². The first-order valence-electron chi connectivity index (χ1n) is 8.93. The molecule has 1 aliphatic rings. The molecule has 0 saturated carbocycles. The molecule has 0 aromatic carbocycles. The Labute approximate surface area is 172 Å². The number of aryl methyl sites for hydroxylation is 1. The number of hydrogen-bond acceptors (Lipinski definition) is 8. The lowest BCUT2D eigenvalue weighted by molar-refractivity contribution is 0.102. The SMILES string of the molecule is Cc1cc(NC(=O)c2cc(S(=O)(=O)N3CCN(c4ccccn4)CC3)cs2)no1. The number of thiophene rings is 1. The van der Waals surface area contributed by atoms with Crippen LogP contribution in [0.1, 0.15) is 15.4 Å². The lowest BCUT2D eigenvalue weighted by atomic mass is 10.3. The van der Waals surface area contributed by atoms with Gasteiger partial charge in [0.25, 0.3) is 5.91 Å². The van der Waals surface area contributed by atoms with E-state index in [0.717, 1.165) is 17.2 Å². The Morgan fingerprint density at radius 1 is 1.21 bits per heavy atom. The van der Waals surface area contributed by atoms with Crippen LogP contribution in [-0.2, 0) is 10.0 Å². The number of anilines is 2. The Morgan fingerprint density at radius 3 is 2.66 bits per heavy atom. The fraction of sp³-hybridized carbons (Fsp3) is 0.278. The topological polar surface area (TPSA) is 109 Å². The summed E-state index contributed by atoms with van der Waals surface area (Å²) in [5.41, 5.74) is 0. The summed E-state index contributed by atoms with van der Waals surface area (Å²) in [6.07, 6.45) is 1.72. The molecule has 4 rings (SSSR count). The molecule has 3 aromatic rings. The lowest BCUT2D eigenvalue weighted by Crippen LogP contribution is -2.48. The third-order valence-electron chi connectivity index (χ3n) is 4.52. The van der Waals surface area contributed by atoms with E-state index >= 15 is 0 Å². The molecule has 152 valence electrons. The fourth-order valence-corrected chi connectivity index (χ4v) is 5.60. The molecule has 4 heterocycles. The maximum Gasteiger partial charge on any atom is 0.267 e. The van der Waals surface area contributed by atoms with Crippen molar-refractivity contribution in [2.45, 2.75) is 11.8 Å². The average molecular weight is 434 g/mol. The summed E-state index contributed by atoms with van der Waals surface area (Å²) in [5, 5.41) is 7.79. The average Bonchev–Trinajstić information content (AvgIpc) is 3.38. The van der Waals surface area contributed by atoms with Gasteiger partial charge in [-0.15, -0.1) is 11.3 Å². The highest BCUT2D eigenvalue weighted by atomic mass is 32.2. The Kier molecular flexibility index (Phi) is 5.35. The number of nitrogens with one attached hydrogen (secondary N) is 1. The molecule has 0 spiro atoms. The minimum atomic E-state index is -3.67. The monoisotopic (exact) mass is 433 g/mol. The van der Waals surface area contributed by atoms with Gasteiger partial charge in [-0.1, -0.05) is 11.2 Å². The first kappa shape index (κ1) is 19.6. The summed E-state index contributed by atoms with van der Waals surface area (Å²) in [5.74, 6) is 1.27. The number of piperazine rings is 1. The fourth-order valence-electron chi connectivity index (χ4n) is 3.02. The lowest BCUT2D eigenvalue weighted by Gasteiger charge is -2.34. The van der Waals surface area contributed by atoms with Crippen molar-refractivity contribution in [2.75, 3.05) is 36.4 Å². The number of rotatable bonds is 5. The molecular weight excluding hydrogens is 414 g/mol. The van der Waals surface area contributed by atoms with E-state index in [4.69, 9.17) is 4.52 Å². The minimum absolute atomic E-state index is 0.121. The van der Waals surface area contributed by atoms with Crippen molar-refractivity contribution in [2.24, 2.45) is 0 Å². The van der Waals surface area contributed by atoms with E-state index in [1.807, 2.05) is 18.2 Å². The highest BCUT2D eigenvalue weighted by Gasteiger charge is 2.30. The quantitative estimate of drug-likeness (QED) is 0.657. The van der Waals surface area contributed by atoms with E-state index in [2.05, 4.69) is 20.4 Å². The summed E-state index contributed by atoms with van der Waals surface area (Å²) in [6.45, 7) is 3.54. The van der Waals surface area contributed by atoms with Gasteiger partial charge in [-0.25, -0.2) is 13.4 Å². The Bertz CT molecular complexity index is 1100. The molecule has 0 unspecified atom stereocenters. The van der Waals surface area contributed by atoms with Gasteiger partial charge in [0.1, 0.15) is 11.6 Å². The van der Waals surface area contributed by atoms with Gasteiger partial charge in [0.15, 0.2) is 5.82 Å². The molecule has 0 bridgehead atoms. The summed E-state index contributed by atoms with van der Waals surface area (Å²) >= 11 is 1.08. The number of aromatic nitrogens is 2. The predicted molar refractivity (Wildman–Crippen MR) is 109 cm³/mol. The summed E-state index contributed by atoms with van der Waals surface area (Å²) in [4.78, 5) is 19.1. The molecule has 0 aliphatic carbocycles. The molecule has 1 amide bonds. The number of amides is 1. The molecule has 1 aliphatic heterocycles. The van der Waals surface area contributed by atoms with Gasteiger partial charge in [0.05, 0.1) is 9.77 Å². The van der Waals surface area contributed by atoms with Crippen LogP contribution in [0.3, 0.4) is 0 Å². The van der Waals surface area contributed by atoms with Crippen LogP contribution in [0, 0.1) is 6.92 Å². The second-order valence-electron chi connectivity index (χ2n) is 6.50. The van der Waals surface area contributed by atoms with Gasteiger partial charge in [-0.05, 0) is 25.1 Å². The van der Waals surface area contributed by atoms with Crippen LogP contribution in [0.4, 0.5) is 11.6 Å². The third-order valence-corrected chi connectivity index (χ3v) is 7.47. The Balaban J connectivity index is 1.42. The van der Waals surface area contributed by atoms with E-state index < -0.39 is 15.9 Å². The van der Waals surface area contributed by atoms with Crippen LogP contribution in [0.2, 0.25) is 0 Å². The van der Waals surface area contributed by atoms with Crippen molar-refractivity contribution in [3.63, 3.8) is 0 Å². The van der Waals surface area contributed by atoms with Crippen LogP contribution in [0.25, 0.3) is 0 Å². The number of carbonyl (C=O) groups excluding carboxylic acids is 1. The summed E-state index contributed by atoms with van der Waals surface area (Å²) < 4.78 is 32.3. The minimum Gasteiger partial charge on any atom is -0.360 e. The number of sulfonamides is 1. The van der Waals surface area contributed by atoms with Gasteiger partial charge >= 0.3 is 0 Å². The first-order valence-corrected chi connectivity index (χ1v) is 11.2. The maximum absolute atomic E-state index is 13.0. The molecule has 0 atom stereocenters. The molecule has 1 saturated heterocycles. The Morgan fingerprint density at radius 2 is 2.00 bits per heavy atom. The molecule has 29 heavy (non-hydrogen) atoms. The van der Waals surface area contributed by atoms with Gasteiger partial charge in [0, 0.05) is 43.8 Å². The van der Waals surface area contributed by atoms with Crippen LogP contribution in [0.15, 0.2) is 51.3 Å². The second-order valence-corrected chi connectivity index (χ2v) is 9.35. The largest absolute Gasteiger partial charge is 0.360 e. The zero-order valence-corrected chi connectivity index (χ0v) is 17.2. The van der Waals surface area contributed by atoms with Crippen LogP contribution in [0.5, 0.6) is 0 Å². The zero-order chi connectivity index (χ0) is 20.4. The first-order chi connectivity index (χ1) is 13.9. The van der Waals surface area contributed by atoms with Crippen molar-refractivity contribution in [1.29, 1.82) is 0 Å². The van der Waals surface area contributed by atoms with Gasteiger partial charge in [-0.2, -0.15) is 4.31 Å². The summed E-state index contributed by atoms with van der Waals surface area (Å²) in [7, 11) is -3.67. The predicted octanol–water partition coefficient (Wildman–Crippen LogP) is 2.20. The number of nitrogens with zero attached hydrogens (tertiary/aromatic N) is 4. The van der Waals surface area contributed by atoms with E-state index in [1.54, 1.807) is 19.2 Å². The molecule has 3 aromatic heterocycles. The van der Waals surface area contributed by atoms with E-state index in [9.17, 15) is 13.2 Å². The number of carbonyl (C=O) groups is 1. The summed E-state index contributed by atoms with van der Waals surface area (Å²) in [6, 6.07) is 8.64. The molecule has 1 N–H and O–H groups in total. The number of pyridine rings is 1. The molecule has 9 nitrogen and oxygen atoms in total. The Hall–Kier alpha value is -2.76. The molecule has 0 radical (unpaired) electrons. The smallest absolute Gasteiger partial charge is 0.267 e. The second kappa shape index (κ2) is 7.93. The highest BCUT2D eigenvalue weighted by molar-refractivity contribution is 7.89. The maximum atomic E-state index is 13.0. The third kappa shape index (κ3) is 4.16. The zero-order valence-electron chi connectivity index (χ0n) is 15.6. The highest BCUT2D eigenvalue weighted by Crippen LogP contribution is 2.25. The standard InChI is InChI=1S/C18H19N5O4S2/c1-13-10-16(21-27-13)20-18(24)15-11-14(12-28-15)29(25,26)23-8-6-22(7-9-23)17-4-2-3-5-19-17/h2-5,10-12H,6-9H2,1H3,(H,20,21,24). The van der Waals surface area contributed by atoms with Crippen molar-refractivity contribution >= 4 is 38.9 Å². The van der Waals surface area contributed by atoms with Crippen molar-refractivity contribution in [3.8, 4) is 0 Å². The van der Waals surface area contributed by atoms with Crippen molar-refractivity contribution in [1.82, 2.24) is 14.4 Å². The van der Waals surface area contributed by atoms with Gasteiger partial charge in [-0.3, -0.25) is 4.79 Å². The van der Waals surface area contributed by atoms with Crippen LogP contribution in [-0.4, -0.2) is 54.9 Å². The molecule has 1 fully saturated rings. The van der Waals surface area contributed by atoms with Crippen LogP contribution >= 0.6 is 11.3 Å². The molecule has 11 heteroatoms. The van der Waals surface area contributed by atoms with E-state index in [0.29, 0.717) is 31.9 Å². The normalized spacial score (nSPS) is 15.4. The van der Waals surface area contributed by atoms with E-state index in [-0.39, 0.29) is 15.6 Å². The number of hydrogen-bond donors (Lipinski definition) is 1. The van der Waals surface area contributed by atoms with Gasteiger partial charge < -0.3 is 14.7 Å². The van der Waals surface area contributed by atoms with Crippen molar-refractivity contribution in [3.05, 3.63) is 52.5 Å². The molecular formula is C18H19N5O4S2.